The lowest BCUT2D eigenvalue weighted by Crippen LogP contribution is -2.19. The number of carbonyl (C=O) groups excluding carboxylic acids is 1. The van der Waals surface area contributed by atoms with Crippen LogP contribution < -0.4 is 0 Å². The molecule has 0 heterocycles. The van der Waals surface area contributed by atoms with Crippen molar-refractivity contribution in [2.24, 2.45) is 5.92 Å². The summed E-state index contributed by atoms with van der Waals surface area (Å²) >= 11 is 0. The van der Waals surface area contributed by atoms with Gasteiger partial charge in [0, 0.05) is 17.5 Å². The van der Waals surface area contributed by atoms with Crippen molar-refractivity contribution < 1.29 is 19.4 Å². The molecule has 0 saturated carbocycles. The minimum absolute atomic E-state index is 0.0107. The molecular weight excluding hydrogens is 352 g/mol. The number of hydrogen-bond donors (Lipinski definition) is 0. The van der Waals surface area contributed by atoms with Crippen molar-refractivity contribution in [1.82, 2.24) is 0 Å². The molecule has 0 saturated heterocycles. The second-order valence-corrected chi connectivity index (χ2v) is 7.67. The Kier molecular flexibility index (Phi) is 7.87. The van der Waals surface area contributed by atoms with Crippen molar-refractivity contribution in [2.75, 3.05) is 6.61 Å². The molecule has 0 bridgehead atoms. The number of rotatable bonds is 9. The van der Waals surface area contributed by atoms with Crippen molar-refractivity contribution in [2.45, 2.75) is 65.7 Å². The van der Waals surface area contributed by atoms with Gasteiger partial charge in [0.2, 0.25) is 0 Å². The molecule has 0 N–H and O–H groups in total. The Morgan fingerprint density at radius 2 is 1.63 bits per heavy atom. The number of unbranched alkanes of at least 4 members (excludes halogenated alkanes) is 1. The van der Waals surface area contributed by atoms with Crippen LogP contribution in [0.25, 0.3) is 0 Å². The quantitative estimate of drug-likeness (QED) is 0.331. The minimum Gasteiger partial charge on any atom is -0.462 e. The second kappa shape index (κ2) is 9.43. The lowest BCUT2D eigenvalue weighted by atomic mass is 9.83. The van der Waals surface area contributed by atoms with Crippen LogP contribution in [0.1, 0.15) is 76.2 Å². The highest BCUT2D eigenvalue weighted by Gasteiger charge is 2.36. The molecule has 0 amide bonds. The number of nitrogens with zero attached hydrogens (tertiary/aromatic N) is 2. The van der Waals surface area contributed by atoms with Crippen molar-refractivity contribution in [3.05, 3.63) is 43.5 Å². The number of ether oxygens (including phenoxy) is 1. The first-order valence-electron chi connectivity index (χ1n) is 9.17. The average Bonchev–Trinajstić information content (AvgIpc) is 2.59. The zero-order valence-electron chi connectivity index (χ0n) is 16.6. The molecule has 0 aliphatic carbocycles. The molecule has 0 aliphatic rings. The van der Waals surface area contributed by atoms with Gasteiger partial charge in [-0.3, -0.25) is 20.2 Å². The maximum atomic E-state index is 12.4. The van der Waals surface area contributed by atoms with Gasteiger partial charge in [0.1, 0.15) is 5.56 Å². The SMILES string of the molecule is CCCC[C@@H](CC)COC(=O)c1cc([N+](=O)[O-])c(C(C)(C)C)c([N+](=O)[O-])c1. The monoisotopic (exact) mass is 380 g/mol. The average molecular weight is 380 g/mol. The maximum Gasteiger partial charge on any atom is 0.338 e. The molecule has 27 heavy (non-hydrogen) atoms. The zero-order valence-corrected chi connectivity index (χ0v) is 16.6. The fraction of sp³-hybridized carbons (Fsp3) is 0.632. The zero-order chi connectivity index (χ0) is 20.8. The number of benzene rings is 1. The molecule has 1 aromatic rings. The first-order valence-corrected chi connectivity index (χ1v) is 9.17. The Bertz CT molecular complexity index is 674. The number of nitro benzene ring substituents is 2. The van der Waals surface area contributed by atoms with E-state index in [1.165, 1.54) is 0 Å². The number of carbonyl (C=O) groups is 1. The summed E-state index contributed by atoms with van der Waals surface area (Å²) in [5.74, 6) is -0.579. The molecule has 150 valence electrons. The molecule has 8 nitrogen and oxygen atoms in total. The summed E-state index contributed by atoms with van der Waals surface area (Å²) < 4.78 is 5.29. The van der Waals surface area contributed by atoms with Crippen LogP contribution >= 0.6 is 0 Å². The molecule has 1 rings (SSSR count). The van der Waals surface area contributed by atoms with E-state index in [0.29, 0.717) is 0 Å². The molecule has 0 spiro atoms. The van der Waals surface area contributed by atoms with Crippen LogP contribution in [0, 0.1) is 26.1 Å². The van der Waals surface area contributed by atoms with Crippen LogP contribution in [-0.2, 0) is 10.2 Å². The van der Waals surface area contributed by atoms with Crippen molar-refractivity contribution >= 4 is 17.3 Å². The van der Waals surface area contributed by atoms with Crippen LogP contribution in [0.4, 0.5) is 11.4 Å². The minimum atomic E-state index is -0.833. The third-order valence-electron chi connectivity index (χ3n) is 4.47. The van der Waals surface area contributed by atoms with Gasteiger partial charge in [0.25, 0.3) is 11.4 Å². The van der Waals surface area contributed by atoms with Gasteiger partial charge in [-0.2, -0.15) is 0 Å². The van der Waals surface area contributed by atoms with E-state index in [1.807, 2.05) is 6.92 Å². The van der Waals surface area contributed by atoms with Crippen molar-refractivity contribution in [3.63, 3.8) is 0 Å². The molecule has 8 heteroatoms. The number of esters is 1. The highest BCUT2D eigenvalue weighted by molar-refractivity contribution is 5.91. The molecule has 0 radical (unpaired) electrons. The summed E-state index contributed by atoms with van der Waals surface area (Å²) in [4.78, 5) is 34.0. The van der Waals surface area contributed by atoms with Crippen LogP contribution in [0.5, 0.6) is 0 Å². The summed E-state index contributed by atoms with van der Waals surface area (Å²) in [6.07, 6.45) is 3.82. The third kappa shape index (κ3) is 6.01. The van der Waals surface area contributed by atoms with E-state index in [-0.39, 0.29) is 23.7 Å². The highest BCUT2D eigenvalue weighted by atomic mass is 16.6. The Morgan fingerprint density at radius 3 is 2.00 bits per heavy atom. The molecule has 0 aromatic heterocycles. The Balaban J connectivity index is 3.23. The van der Waals surface area contributed by atoms with Crippen molar-refractivity contribution in [3.8, 4) is 0 Å². The van der Waals surface area contributed by atoms with E-state index >= 15 is 0 Å². The number of hydrogen-bond acceptors (Lipinski definition) is 6. The Morgan fingerprint density at radius 1 is 1.11 bits per heavy atom. The van der Waals surface area contributed by atoms with E-state index in [2.05, 4.69) is 6.92 Å². The maximum absolute atomic E-state index is 12.4. The predicted octanol–water partition coefficient (Wildman–Crippen LogP) is 5.17. The lowest BCUT2D eigenvalue weighted by Gasteiger charge is -2.19. The molecule has 1 atom stereocenters. The fourth-order valence-electron chi connectivity index (χ4n) is 2.96. The van der Waals surface area contributed by atoms with Crippen LogP contribution in [0.15, 0.2) is 12.1 Å². The van der Waals surface area contributed by atoms with Gasteiger partial charge in [0.05, 0.1) is 22.0 Å². The van der Waals surface area contributed by atoms with Gasteiger partial charge in [-0.25, -0.2) is 4.79 Å². The second-order valence-electron chi connectivity index (χ2n) is 7.67. The lowest BCUT2D eigenvalue weighted by molar-refractivity contribution is -0.396. The van der Waals surface area contributed by atoms with E-state index in [9.17, 15) is 25.0 Å². The van der Waals surface area contributed by atoms with Gasteiger partial charge in [-0.05, 0) is 12.3 Å². The van der Waals surface area contributed by atoms with Gasteiger partial charge in [0.15, 0.2) is 0 Å². The van der Waals surface area contributed by atoms with E-state index in [1.54, 1.807) is 20.8 Å². The Labute approximate surface area is 159 Å². The summed E-state index contributed by atoms with van der Waals surface area (Å²) in [5.41, 5.74) is -1.90. The van der Waals surface area contributed by atoms with Crippen LogP contribution in [0.3, 0.4) is 0 Å². The molecule has 1 aromatic carbocycles. The highest BCUT2D eigenvalue weighted by Crippen LogP contribution is 2.39. The normalized spacial score (nSPS) is 12.5. The first-order chi connectivity index (χ1) is 12.5. The van der Waals surface area contributed by atoms with Crippen LogP contribution in [-0.4, -0.2) is 22.4 Å². The molecule has 0 fully saturated rings. The number of nitro groups is 2. The molecule has 0 aliphatic heterocycles. The predicted molar refractivity (Wildman–Crippen MR) is 102 cm³/mol. The standard InChI is InChI=1S/C19H28N2O6/c1-6-8-9-13(7-2)12-27-18(22)14-10-15(20(23)24)17(19(3,4)5)16(11-14)21(25)26/h10-11,13H,6-9,12H2,1-5H3/t13-/m1/s1. The smallest absolute Gasteiger partial charge is 0.338 e. The topological polar surface area (TPSA) is 113 Å². The summed E-state index contributed by atoms with van der Waals surface area (Å²) in [5, 5.41) is 23.0. The summed E-state index contributed by atoms with van der Waals surface area (Å²) in [6, 6.07) is 2.14. The third-order valence-corrected chi connectivity index (χ3v) is 4.47. The van der Waals surface area contributed by atoms with Gasteiger partial charge >= 0.3 is 5.97 Å². The van der Waals surface area contributed by atoms with Gasteiger partial charge in [-0.15, -0.1) is 0 Å². The summed E-state index contributed by atoms with van der Waals surface area (Å²) in [7, 11) is 0. The van der Waals surface area contributed by atoms with Crippen LogP contribution in [0.2, 0.25) is 0 Å². The van der Waals surface area contributed by atoms with E-state index in [4.69, 9.17) is 4.74 Å². The molecule has 0 unspecified atom stereocenters. The van der Waals surface area contributed by atoms with Crippen molar-refractivity contribution in [1.29, 1.82) is 0 Å². The van der Waals surface area contributed by atoms with Gasteiger partial charge in [-0.1, -0.05) is 53.9 Å². The largest absolute Gasteiger partial charge is 0.462 e. The van der Waals surface area contributed by atoms with E-state index in [0.717, 1.165) is 37.8 Å². The van der Waals surface area contributed by atoms with Gasteiger partial charge < -0.3 is 4.74 Å². The Hall–Kier alpha value is -2.51. The fourth-order valence-corrected chi connectivity index (χ4v) is 2.96. The molecular formula is C19H28N2O6. The summed E-state index contributed by atoms with van der Waals surface area (Å²) in [6.45, 7) is 9.23. The first kappa shape index (κ1) is 22.5. The van der Waals surface area contributed by atoms with E-state index < -0.39 is 32.6 Å².